The number of ether oxygens (including phenoxy) is 1. The summed E-state index contributed by atoms with van der Waals surface area (Å²) in [6, 6.07) is 1.77. The molecule has 1 amide bonds. The monoisotopic (exact) mass is 503 g/mol. The van der Waals surface area contributed by atoms with Crippen LogP contribution in [0.2, 0.25) is 0 Å². The highest BCUT2D eigenvalue weighted by atomic mass is 32.1. The van der Waals surface area contributed by atoms with Crippen molar-refractivity contribution in [1.29, 1.82) is 0 Å². The van der Waals surface area contributed by atoms with E-state index in [1.165, 1.54) is 6.42 Å². The number of carbonyl (C=O) groups excluding carboxylic acids is 1. The minimum Gasteiger partial charge on any atom is -0.477 e. The van der Waals surface area contributed by atoms with E-state index >= 15 is 0 Å². The highest BCUT2D eigenvalue weighted by Crippen LogP contribution is 2.47. The zero-order chi connectivity index (χ0) is 26.2. The number of carbonyl (C=O) groups is 2. The number of anilines is 1. The summed E-state index contributed by atoms with van der Waals surface area (Å²) >= 11 is 1.12. The lowest BCUT2D eigenvalue weighted by atomic mass is 9.73. The smallest absolute Gasteiger partial charge is 0.348 e. The van der Waals surface area contributed by atoms with Gasteiger partial charge in [0.1, 0.15) is 10.5 Å². The molecular formula is C28H41NO5S. The number of aliphatic hydroxyl groups is 1. The summed E-state index contributed by atoms with van der Waals surface area (Å²) < 4.78 is 6.32. The number of carboxylic acids is 1. The summed E-state index contributed by atoms with van der Waals surface area (Å²) in [5, 5.41) is 20.4. The molecule has 3 rings (SSSR count). The van der Waals surface area contributed by atoms with Crippen molar-refractivity contribution >= 4 is 28.9 Å². The fourth-order valence-corrected chi connectivity index (χ4v) is 5.88. The van der Waals surface area contributed by atoms with Gasteiger partial charge in [0.25, 0.3) is 5.91 Å². The van der Waals surface area contributed by atoms with Crippen LogP contribution in [-0.4, -0.2) is 45.4 Å². The van der Waals surface area contributed by atoms with Crippen molar-refractivity contribution in [3.8, 4) is 11.8 Å². The van der Waals surface area contributed by atoms with Crippen LogP contribution < -0.4 is 4.90 Å². The van der Waals surface area contributed by atoms with E-state index in [0.29, 0.717) is 30.0 Å². The molecule has 2 aliphatic rings. The van der Waals surface area contributed by atoms with Crippen LogP contribution in [0.1, 0.15) is 108 Å². The van der Waals surface area contributed by atoms with E-state index in [0.717, 1.165) is 37.0 Å². The van der Waals surface area contributed by atoms with Crippen molar-refractivity contribution in [2.45, 2.75) is 110 Å². The standard InChI is InChI=1S/C28H41NO5S/c1-25(2,3)14-13-20-17-21(22(35-20)23(30)31)29-24(32)28(7,16-15-26(4,5)33)34-18-27(29,6)19-11-9-8-10-12-19/h17,19,33H,8-12,15-16,18H2,1-7H3,(H,30,31). The lowest BCUT2D eigenvalue weighted by molar-refractivity contribution is -0.162. The third-order valence-electron chi connectivity index (χ3n) is 7.26. The summed E-state index contributed by atoms with van der Waals surface area (Å²) in [5.74, 6) is 5.23. The molecule has 1 aliphatic heterocycles. The van der Waals surface area contributed by atoms with E-state index in [2.05, 4.69) is 11.8 Å². The van der Waals surface area contributed by atoms with Gasteiger partial charge >= 0.3 is 5.97 Å². The van der Waals surface area contributed by atoms with E-state index in [1.807, 2.05) is 27.7 Å². The van der Waals surface area contributed by atoms with Crippen molar-refractivity contribution in [3.63, 3.8) is 0 Å². The Kier molecular flexibility index (Phi) is 7.82. The molecule has 2 N–H and O–H groups in total. The zero-order valence-electron chi connectivity index (χ0n) is 22.3. The first-order chi connectivity index (χ1) is 16.1. The van der Waals surface area contributed by atoms with Crippen LogP contribution in [-0.2, 0) is 9.53 Å². The van der Waals surface area contributed by atoms with Crippen molar-refractivity contribution < 1.29 is 24.5 Å². The number of morpholine rings is 1. The fraction of sp³-hybridized carbons (Fsp3) is 0.714. The van der Waals surface area contributed by atoms with Crippen LogP contribution in [0.25, 0.3) is 0 Å². The van der Waals surface area contributed by atoms with E-state index in [9.17, 15) is 19.8 Å². The molecule has 194 valence electrons. The minimum absolute atomic E-state index is 0.130. The maximum atomic E-state index is 14.2. The number of hydrogen-bond donors (Lipinski definition) is 2. The van der Waals surface area contributed by atoms with Crippen LogP contribution in [0, 0.1) is 23.2 Å². The molecule has 1 aliphatic carbocycles. The molecule has 6 nitrogen and oxygen atoms in total. The minimum atomic E-state index is -1.15. The van der Waals surface area contributed by atoms with Gasteiger partial charge < -0.3 is 14.9 Å². The summed E-state index contributed by atoms with van der Waals surface area (Å²) in [6.07, 6.45) is 6.05. The van der Waals surface area contributed by atoms with Crippen molar-refractivity contribution in [1.82, 2.24) is 0 Å². The second kappa shape index (κ2) is 9.88. The Morgan fingerprint density at radius 2 is 1.83 bits per heavy atom. The third kappa shape index (κ3) is 6.28. The van der Waals surface area contributed by atoms with E-state index in [4.69, 9.17) is 4.74 Å². The van der Waals surface area contributed by atoms with Gasteiger partial charge in [-0.3, -0.25) is 9.69 Å². The second-order valence-electron chi connectivity index (χ2n) is 12.3. The molecule has 0 bridgehead atoms. The number of thiophene rings is 1. The molecule has 2 heterocycles. The average Bonchev–Trinajstić information content (AvgIpc) is 3.18. The summed E-state index contributed by atoms with van der Waals surface area (Å²) in [4.78, 5) is 29.1. The number of nitrogens with zero attached hydrogens (tertiary/aromatic N) is 1. The van der Waals surface area contributed by atoms with Gasteiger partial charge in [-0.2, -0.15) is 0 Å². The third-order valence-corrected chi connectivity index (χ3v) is 8.28. The molecule has 7 heteroatoms. The van der Waals surface area contributed by atoms with Crippen LogP contribution >= 0.6 is 11.3 Å². The Morgan fingerprint density at radius 1 is 1.20 bits per heavy atom. The number of rotatable bonds is 6. The maximum absolute atomic E-state index is 14.2. The number of hydrogen-bond acceptors (Lipinski definition) is 5. The quantitative estimate of drug-likeness (QED) is 0.475. The maximum Gasteiger partial charge on any atom is 0.348 e. The lowest BCUT2D eigenvalue weighted by Crippen LogP contribution is -2.68. The number of amides is 1. The van der Waals surface area contributed by atoms with Crippen molar-refractivity contribution in [3.05, 3.63) is 15.8 Å². The predicted molar refractivity (Wildman–Crippen MR) is 140 cm³/mol. The largest absolute Gasteiger partial charge is 0.477 e. The van der Waals surface area contributed by atoms with Gasteiger partial charge in [0, 0.05) is 5.41 Å². The van der Waals surface area contributed by atoms with Crippen molar-refractivity contribution in [2.75, 3.05) is 11.5 Å². The predicted octanol–water partition coefficient (Wildman–Crippen LogP) is 5.86. The van der Waals surface area contributed by atoms with Crippen LogP contribution in [0.4, 0.5) is 5.69 Å². The van der Waals surface area contributed by atoms with Crippen LogP contribution in [0.15, 0.2) is 6.07 Å². The number of carboxylic acid groups (broad SMARTS) is 1. The van der Waals surface area contributed by atoms with Gasteiger partial charge in [-0.05, 0) is 86.1 Å². The molecule has 0 aromatic carbocycles. The summed E-state index contributed by atoms with van der Waals surface area (Å²) in [7, 11) is 0. The summed E-state index contributed by atoms with van der Waals surface area (Å²) in [5.41, 5.74) is -2.56. The molecule has 0 spiro atoms. The first kappa shape index (κ1) is 27.7. The molecule has 2 unspecified atom stereocenters. The highest BCUT2D eigenvalue weighted by Gasteiger charge is 2.55. The van der Waals surface area contributed by atoms with Gasteiger partial charge in [-0.1, -0.05) is 31.1 Å². The highest BCUT2D eigenvalue weighted by molar-refractivity contribution is 7.15. The molecule has 2 atom stereocenters. The Bertz CT molecular complexity index is 1010. The first-order valence-corrected chi connectivity index (χ1v) is 13.5. The normalized spacial score (nSPS) is 26.4. The molecule has 1 saturated heterocycles. The molecule has 1 aromatic rings. The first-order valence-electron chi connectivity index (χ1n) is 12.7. The van der Waals surface area contributed by atoms with E-state index in [-0.39, 0.29) is 22.1 Å². The van der Waals surface area contributed by atoms with Crippen LogP contribution in [0.5, 0.6) is 0 Å². The second-order valence-corrected chi connectivity index (χ2v) is 13.3. The zero-order valence-corrected chi connectivity index (χ0v) is 23.1. The van der Waals surface area contributed by atoms with Gasteiger partial charge in [0.2, 0.25) is 0 Å². The lowest BCUT2D eigenvalue weighted by Gasteiger charge is -2.54. The molecule has 0 radical (unpaired) electrons. The molecule has 2 fully saturated rings. The molecular weight excluding hydrogens is 462 g/mol. The fourth-order valence-electron chi connectivity index (χ4n) is 5.04. The van der Waals surface area contributed by atoms with Gasteiger partial charge in [0.15, 0.2) is 0 Å². The Hall–Kier alpha value is -1.88. The van der Waals surface area contributed by atoms with E-state index < -0.39 is 22.7 Å². The molecule has 1 aromatic heterocycles. The van der Waals surface area contributed by atoms with Crippen LogP contribution in [0.3, 0.4) is 0 Å². The Morgan fingerprint density at radius 3 is 2.37 bits per heavy atom. The molecule has 1 saturated carbocycles. The Labute approximate surface area is 214 Å². The average molecular weight is 504 g/mol. The van der Waals surface area contributed by atoms with Gasteiger partial charge in [-0.15, -0.1) is 11.3 Å². The summed E-state index contributed by atoms with van der Waals surface area (Å²) in [6.45, 7) is 13.6. The number of aromatic carboxylic acids is 1. The van der Waals surface area contributed by atoms with Gasteiger partial charge in [0.05, 0.1) is 28.3 Å². The molecule has 35 heavy (non-hydrogen) atoms. The topological polar surface area (TPSA) is 87.1 Å². The SMILES string of the molecule is CC(C)(C)C#Cc1cc(N2C(=O)C(C)(CCC(C)(C)O)OCC2(C)C2CCCCC2)c(C(=O)O)s1. The van der Waals surface area contributed by atoms with Gasteiger partial charge in [-0.25, -0.2) is 4.79 Å². The van der Waals surface area contributed by atoms with Crippen molar-refractivity contribution in [2.24, 2.45) is 11.3 Å². The Balaban J connectivity index is 2.13. The van der Waals surface area contributed by atoms with E-state index in [1.54, 1.807) is 31.7 Å².